The second kappa shape index (κ2) is 7.25. The van der Waals surface area contributed by atoms with Crippen LogP contribution in [0.15, 0.2) is 24.3 Å². The molecule has 0 aliphatic carbocycles. The third kappa shape index (κ3) is 6.93. The summed E-state index contributed by atoms with van der Waals surface area (Å²) >= 11 is 0. The molecule has 1 aromatic carbocycles. The lowest BCUT2D eigenvalue weighted by Gasteiger charge is -2.07. The third-order valence-electron chi connectivity index (χ3n) is 2.65. The smallest absolute Gasteiger partial charge is 0.224 e. The lowest BCUT2D eigenvalue weighted by atomic mass is 10.1. The first-order valence-electron chi connectivity index (χ1n) is 6.14. The van der Waals surface area contributed by atoms with E-state index in [9.17, 15) is 13.2 Å². The second-order valence-corrected chi connectivity index (χ2v) is 6.31. The summed E-state index contributed by atoms with van der Waals surface area (Å²) in [6, 6.07) is 7.75. The van der Waals surface area contributed by atoms with Crippen LogP contribution in [0.3, 0.4) is 0 Å². The topological polar surface area (TPSA) is 75.3 Å². The Morgan fingerprint density at radius 2 is 1.89 bits per heavy atom. The molecule has 0 saturated heterocycles. The molecular weight excluding hydrogens is 264 g/mol. The largest absolute Gasteiger partial charge is 0.356 e. The van der Waals surface area contributed by atoms with Gasteiger partial charge in [0.25, 0.3) is 0 Å². The molecule has 19 heavy (non-hydrogen) atoms. The van der Waals surface area contributed by atoms with Crippen molar-refractivity contribution in [3.63, 3.8) is 0 Å². The van der Waals surface area contributed by atoms with Gasteiger partial charge in [-0.15, -0.1) is 0 Å². The van der Waals surface area contributed by atoms with Gasteiger partial charge in [-0.1, -0.05) is 24.3 Å². The Balaban J connectivity index is 2.24. The maximum atomic E-state index is 11.7. The molecule has 0 fully saturated rings. The number of rotatable bonds is 7. The predicted molar refractivity (Wildman–Crippen MR) is 75.4 cm³/mol. The summed E-state index contributed by atoms with van der Waals surface area (Å²) in [5.74, 6) is -0.0475. The summed E-state index contributed by atoms with van der Waals surface area (Å²) in [5, 5.41) is 2.77. The first-order chi connectivity index (χ1) is 8.88. The predicted octanol–water partition coefficient (Wildman–Crippen LogP) is 0.593. The molecule has 0 aromatic heterocycles. The molecule has 1 amide bonds. The maximum absolute atomic E-state index is 11.7. The molecule has 2 N–H and O–H groups in total. The summed E-state index contributed by atoms with van der Waals surface area (Å²) in [6.45, 7) is 2.77. The van der Waals surface area contributed by atoms with Crippen molar-refractivity contribution in [3.05, 3.63) is 35.4 Å². The molecule has 0 aliphatic rings. The van der Waals surface area contributed by atoms with E-state index in [-0.39, 0.29) is 5.91 Å². The van der Waals surface area contributed by atoms with Gasteiger partial charge in [0.05, 0.1) is 12.7 Å². The second-order valence-electron chi connectivity index (χ2n) is 4.47. The summed E-state index contributed by atoms with van der Waals surface area (Å²) in [4.78, 5) is 11.7. The molecule has 106 valence electrons. The van der Waals surface area contributed by atoms with E-state index in [1.807, 2.05) is 31.2 Å². The summed E-state index contributed by atoms with van der Waals surface area (Å²) in [7, 11) is -3.14. The van der Waals surface area contributed by atoms with E-state index >= 15 is 0 Å². The molecule has 0 atom stereocenters. The van der Waals surface area contributed by atoms with Crippen LogP contribution in [0.2, 0.25) is 0 Å². The van der Waals surface area contributed by atoms with E-state index in [2.05, 4.69) is 10.0 Å². The fourth-order valence-corrected chi connectivity index (χ4v) is 2.13. The molecular formula is C13H20N2O3S. The minimum atomic E-state index is -3.14. The average Bonchev–Trinajstić information content (AvgIpc) is 2.30. The summed E-state index contributed by atoms with van der Waals surface area (Å²) in [6.07, 6.45) is 2.04. The van der Waals surface area contributed by atoms with Gasteiger partial charge in [0.2, 0.25) is 15.9 Å². The monoisotopic (exact) mass is 284 g/mol. The SMILES string of the molecule is Cc1ccccc1CC(=O)NCCCNS(C)(=O)=O. The molecule has 0 aliphatic heterocycles. The molecule has 0 saturated carbocycles. The highest BCUT2D eigenvalue weighted by atomic mass is 32.2. The fourth-order valence-electron chi connectivity index (χ4n) is 1.62. The van der Waals surface area contributed by atoms with Gasteiger partial charge < -0.3 is 5.32 Å². The van der Waals surface area contributed by atoms with Crippen LogP contribution in [0.5, 0.6) is 0 Å². The molecule has 1 aromatic rings. The minimum absolute atomic E-state index is 0.0475. The van der Waals surface area contributed by atoms with E-state index < -0.39 is 10.0 Å². The van der Waals surface area contributed by atoms with Crippen molar-refractivity contribution in [1.29, 1.82) is 0 Å². The standard InChI is InChI=1S/C13H20N2O3S/c1-11-6-3-4-7-12(11)10-13(16)14-8-5-9-15-19(2,17)18/h3-4,6-7,15H,5,8-10H2,1-2H3,(H,14,16). The van der Waals surface area contributed by atoms with E-state index in [0.29, 0.717) is 25.9 Å². The Labute approximate surface area is 114 Å². The first kappa shape index (κ1) is 15.7. The van der Waals surface area contributed by atoms with E-state index in [4.69, 9.17) is 0 Å². The third-order valence-corrected chi connectivity index (χ3v) is 3.38. The molecule has 6 heteroatoms. The van der Waals surface area contributed by atoms with E-state index in [0.717, 1.165) is 17.4 Å². The lowest BCUT2D eigenvalue weighted by Crippen LogP contribution is -2.30. The molecule has 0 unspecified atom stereocenters. The van der Waals surface area contributed by atoms with Crippen LogP contribution in [0, 0.1) is 6.92 Å². The van der Waals surface area contributed by atoms with Crippen LogP contribution in [0.1, 0.15) is 17.5 Å². The minimum Gasteiger partial charge on any atom is -0.356 e. The molecule has 0 spiro atoms. The van der Waals surface area contributed by atoms with Crippen molar-refractivity contribution in [2.24, 2.45) is 0 Å². The molecule has 1 rings (SSSR count). The number of carbonyl (C=O) groups is 1. The average molecular weight is 284 g/mol. The summed E-state index contributed by atoms with van der Waals surface area (Å²) < 4.78 is 24.0. The van der Waals surface area contributed by atoms with Gasteiger partial charge in [-0.3, -0.25) is 4.79 Å². The Morgan fingerprint density at radius 1 is 1.21 bits per heavy atom. The molecule has 0 heterocycles. The van der Waals surface area contributed by atoms with E-state index in [1.165, 1.54) is 0 Å². The number of amides is 1. The van der Waals surface area contributed by atoms with Crippen LogP contribution in [0.25, 0.3) is 0 Å². The highest BCUT2D eigenvalue weighted by Gasteiger charge is 2.05. The maximum Gasteiger partial charge on any atom is 0.224 e. The first-order valence-corrected chi connectivity index (χ1v) is 8.03. The van der Waals surface area contributed by atoms with Crippen molar-refractivity contribution in [3.8, 4) is 0 Å². The zero-order valence-electron chi connectivity index (χ0n) is 11.3. The quantitative estimate of drug-likeness (QED) is 0.720. The van der Waals surface area contributed by atoms with Crippen LogP contribution in [-0.2, 0) is 21.2 Å². The highest BCUT2D eigenvalue weighted by Crippen LogP contribution is 2.07. The van der Waals surface area contributed by atoms with Gasteiger partial charge >= 0.3 is 0 Å². The Hall–Kier alpha value is -1.40. The van der Waals surface area contributed by atoms with Crippen molar-refractivity contribution in [2.75, 3.05) is 19.3 Å². The zero-order valence-corrected chi connectivity index (χ0v) is 12.1. The Bertz CT molecular complexity index is 526. The number of benzene rings is 1. The number of nitrogens with one attached hydrogen (secondary N) is 2. The number of carbonyl (C=O) groups excluding carboxylic acids is 1. The number of aryl methyl sites for hydroxylation is 1. The molecule has 0 radical (unpaired) electrons. The van der Waals surface area contributed by atoms with Gasteiger partial charge in [-0.05, 0) is 24.5 Å². The summed E-state index contributed by atoms with van der Waals surface area (Å²) in [5.41, 5.74) is 2.10. The van der Waals surface area contributed by atoms with Gasteiger partial charge in [-0.2, -0.15) is 0 Å². The number of sulfonamides is 1. The van der Waals surface area contributed by atoms with Crippen LogP contribution < -0.4 is 10.0 Å². The van der Waals surface area contributed by atoms with Gasteiger partial charge in [0.15, 0.2) is 0 Å². The van der Waals surface area contributed by atoms with Crippen LogP contribution in [0.4, 0.5) is 0 Å². The Morgan fingerprint density at radius 3 is 2.53 bits per heavy atom. The number of hydrogen-bond acceptors (Lipinski definition) is 3. The Kier molecular flexibility index (Phi) is 5.98. The number of hydrogen-bond donors (Lipinski definition) is 2. The lowest BCUT2D eigenvalue weighted by molar-refractivity contribution is -0.120. The van der Waals surface area contributed by atoms with Crippen molar-refractivity contribution in [2.45, 2.75) is 19.8 Å². The fraction of sp³-hybridized carbons (Fsp3) is 0.462. The van der Waals surface area contributed by atoms with E-state index in [1.54, 1.807) is 0 Å². The van der Waals surface area contributed by atoms with Crippen molar-refractivity contribution < 1.29 is 13.2 Å². The van der Waals surface area contributed by atoms with Crippen LogP contribution in [-0.4, -0.2) is 33.7 Å². The van der Waals surface area contributed by atoms with Gasteiger partial charge in [0.1, 0.15) is 0 Å². The highest BCUT2D eigenvalue weighted by molar-refractivity contribution is 7.88. The normalized spacial score (nSPS) is 11.3. The van der Waals surface area contributed by atoms with Crippen molar-refractivity contribution >= 4 is 15.9 Å². The zero-order chi connectivity index (χ0) is 14.3. The molecule has 5 nitrogen and oxygen atoms in total. The van der Waals surface area contributed by atoms with Crippen molar-refractivity contribution in [1.82, 2.24) is 10.0 Å². The van der Waals surface area contributed by atoms with Gasteiger partial charge in [-0.25, -0.2) is 13.1 Å². The van der Waals surface area contributed by atoms with Gasteiger partial charge in [0, 0.05) is 13.1 Å². The van der Waals surface area contributed by atoms with Crippen LogP contribution >= 0.6 is 0 Å². The molecule has 0 bridgehead atoms.